The van der Waals surface area contributed by atoms with Gasteiger partial charge in [0.1, 0.15) is 17.1 Å². The number of pyridine rings is 1. The molecule has 0 N–H and O–H groups in total. The molecule has 6 heteroatoms. The van der Waals surface area contributed by atoms with Gasteiger partial charge in [-0.1, -0.05) is 6.07 Å². The third-order valence-electron chi connectivity index (χ3n) is 4.43. The number of carbonyl (C=O) groups is 1. The number of aromatic nitrogens is 1. The molecule has 0 fully saturated rings. The van der Waals surface area contributed by atoms with E-state index in [0.29, 0.717) is 33.9 Å². The lowest BCUT2D eigenvalue weighted by molar-refractivity contribution is 0.0921. The number of rotatable bonds is 6. The summed E-state index contributed by atoms with van der Waals surface area (Å²) in [6.45, 7) is -0.131. The highest BCUT2D eigenvalue weighted by molar-refractivity contribution is 5.97. The molecule has 2 aromatic carbocycles. The molecule has 0 aliphatic rings. The van der Waals surface area contributed by atoms with E-state index in [1.54, 1.807) is 74.0 Å². The predicted molar refractivity (Wildman–Crippen MR) is 109 cm³/mol. The van der Waals surface area contributed by atoms with Crippen molar-refractivity contribution in [2.75, 3.05) is 13.7 Å². The van der Waals surface area contributed by atoms with Crippen LogP contribution >= 0.6 is 0 Å². The van der Waals surface area contributed by atoms with Crippen LogP contribution in [-0.2, 0) is 0 Å². The van der Waals surface area contributed by atoms with Crippen molar-refractivity contribution in [3.05, 3.63) is 88.9 Å². The zero-order chi connectivity index (χ0) is 20.2. The molecule has 0 bridgehead atoms. The van der Waals surface area contributed by atoms with Crippen LogP contribution in [0.15, 0.2) is 82.1 Å². The van der Waals surface area contributed by atoms with Gasteiger partial charge < -0.3 is 13.9 Å². The summed E-state index contributed by atoms with van der Waals surface area (Å²) in [5.41, 5.74) is 1.36. The average molecular weight is 387 g/mol. The van der Waals surface area contributed by atoms with Gasteiger partial charge >= 0.3 is 5.63 Å². The molecule has 6 nitrogen and oxygen atoms in total. The summed E-state index contributed by atoms with van der Waals surface area (Å²) in [5.74, 6) is 0.949. The Balaban J connectivity index is 1.53. The largest absolute Gasteiger partial charge is 0.497 e. The fraction of sp³-hybridized carbons (Fsp3) is 0.0870. The van der Waals surface area contributed by atoms with E-state index in [2.05, 4.69) is 4.98 Å². The Morgan fingerprint density at radius 3 is 2.52 bits per heavy atom. The molecule has 29 heavy (non-hydrogen) atoms. The zero-order valence-electron chi connectivity index (χ0n) is 15.6. The highest BCUT2D eigenvalue weighted by Gasteiger charge is 2.11. The van der Waals surface area contributed by atoms with Crippen LogP contribution < -0.4 is 15.1 Å². The Hall–Kier alpha value is -3.93. The van der Waals surface area contributed by atoms with Gasteiger partial charge in [0.05, 0.1) is 18.4 Å². The summed E-state index contributed by atoms with van der Waals surface area (Å²) in [6.07, 6.45) is 1.62. The summed E-state index contributed by atoms with van der Waals surface area (Å²) in [7, 11) is 1.57. The maximum absolute atomic E-state index is 12.3. The zero-order valence-corrected chi connectivity index (χ0v) is 15.6. The van der Waals surface area contributed by atoms with Gasteiger partial charge in [-0.25, -0.2) is 4.79 Å². The van der Waals surface area contributed by atoms with Gasteiger partial charge in [0, 0.05) is 23.2 Å². The minimum absolute atomic E-state index is 0.131. The van der Waals surface area contributed by atoms with Crippen molar-refractivity contribution in [2.45, 2.75) is 0 Å². The summed E-state index contributed by atoms with van der Waals surface area (Å²) in [6, 6.07) is 19.0. The first-order valence-electron chi connectivity index (χ1n) is 8.93. The Kier molecular flexibility index (Phi) is 5.07. The van der Waals surface area contributed by atoms with Gasteiger partial charge in [-0.2, -0.15) is 0 Å². The van der Waals surface area contributed by atoms with Crippen molar-refractivity contribution < 1.29 is 18.7 Å². The normalized spacial score (nSPS) is 10.7. The third kappa shape index (κ3) is 4.01. The SMILES string of the molecule is COc1ccc(C(=O)COc2ccc3cc(-c4ccccn4)c(=O)oc3c2)cc1. The van der Waals surface area contributed by atoms with E-state index in [9.17, 15) is 9.59 Å². The minimum Gasteiger partial charge on any atom is -0.497 e. The standard InChI is InChI=1S/C23H17NO5/c1-27-17-8-5-15(6-9-17)21(25)14-28-18-10-7-16-12-19(20-4-2-3-11-24-20)23(26)29-22(16)13-18/h2-13H,14H2,1H3. The first-order valence-corrected chi connectivity index (χ1v) is 8.93. The summed E-state index contributed by atoms with van der Waals surface area (Å²) < 4.78 is 16.1. The monoisotopic (exact) mass is 387 g/mol. The van der Waals surface area contributed by atoms with Crippen LogP contribution in [0.3, 0.4) is 0 Å². The van der Waals surface area contributed by atoms with Crippen LogP contribution in [0.1, 0.15) is 10.4 Å². The lowest BCUT2D eigenvalue weighted by Crippen LogP contribution is -2.11. The molecule has 0 atom stereocenters. The maximum atomic E-state index is 12.3. The molecule has 0 amide bonds. The molecule has 4 aromatic rings. The predicted octanol–water partition coefficient (Wildman–Crippen LogP) is 4.13. The van der Waals surface area contributed by atoms with Crippen molar-refractivity contribution >= 4 is 16.8 Å². The van der Waals surface area contributed by atoms with Crippen LogP contribution in [-0.4, -0.2) is 24.5 Å². The Labute approximate surface area is 166 Å². The van der Waals surface area contributed by atoms with E-state index in [0.717, 1.165) is 5.39 Å². The lowest BCUT2D eigenvalue weighted by Gasteiger charge is -2.08. The summed E-state index contributed by atoms with van der Waals surface area (Å²) in [5, 5.41) is 0.735. The number of hydrogen-bond donors (Lipinski definition) is 0. The number of ether oxygens (including phenoxy) is 2. The second-order valence-corrected chi connectivity index (χ2v) is 6.30. The van der Waals surface area contributed by atoms with Crippen LogP contribution in [0.4, 0.5) is 0 Å². The van der Waals surface area contributed by atoms with E-state index < -0.39 is 5.63 Å². The average Bonchev–Trinajstić information content (AvgIpc) is 2.77. The first-order chi connectivity index (χ1) is 14.1. The number of Topliss-reactive ketones (excluding diaryl/α,β-unsaturated/α-hetero) is 1. The molecule has 0 saturated carbocycles. The van der Waals surface area contributed by atoms with Crippen LogP contribution in [0, 0.1) is 0 Å². The van der Waals surface area contributed by atoms with Gasteiger partial charge in [-0.15, -0.1) is 0 Å². The molecule has 0 saturated heterocycles. The number of fused-ring (bicyclic) bond motifs is 1. The van der Waals surface area contributed by atoms with E-state index in [4.69, 9.17) is 13.9 Å². The molecule has 0 aliphatic heterocycles. The minimum atomic E-state index is -0.484. The molecule has 0 radical (unpaired) electrons. The van der Waals surface area contributed by atoms with E-state index in [1.807, 2.05) is 6.07 Å². The van der Waals surface area contributed by atoms with Gasteiger partial charge in [0.25, 0.3) is 0 Å². The Morgan fingerprint density at radius 1 is 1.00 bits per heavy atom. The van der Waals surface area contributed by atoms with Crippen LogP contribution in [0.2, 0.25) is 0 Å². The Bertz CT molecular complexity index is 1210. The molecule has 144 valence electrons. The number of methoxy groups -OCH3 is 1. The third-order valence-corrected chi connectivity index (χ3v) is 4.43. The molecular formula is C23H17NO5. The van der Waals surface area contributed by atoms with Crippen LogP contribution in [0.5, 0.6) is 11.5 Å². The molecule has 0 aliphatic carbocycles. The summed E-state index contributed by atoms with van der Waals surface area (Å²) >= 11 is 0. The molecule has 0 spiro atoms. The van der Waals surface area contributed by atoms with E-state index >= 15 is 0 Å². The fourth-order valence-corrected chi connectivity index (χ4v) is 2.89. The number of nitrogens with zero attached hydrogens (tertiary/aromatic N) is 1. The smallest absolute Gasteiger partial charge is 0.345 e. The van der Waals surface area contributed by atoms with Crippen molar-refractivity contribution in [1.82, 2.24) is 4.98 Å². The van der Waals surface area contributed by atoms with Crippen LogP contribution in [0.25, 0.3) is 22.2 Å². The van der Waals surface area contributed by atoms with Crippen molar-refractivity contribution in [1.29, 1.82) is 0 Å². The van der Waals surface area contributed by atoms with Gasteiger partial charge in [-0.05, 0) is 54.6 Å². The van der Waals surface area contributed by atoms with E-state index in [1.165, 1.54) is 0 Å². The maximum Gasteiger partial charge on any atom is 0.345 e. The molecule has 0 unspecified atom stereocenters. The second kappa shape index (κ2) is 7.98. The molecule has 2 heterocycles. The first kappa shape index (κ1) is 18.4. The number of ketones is 1. The Morgan fingerprint density at radius 2 is 1.79 bits per heavy atom. The highest BCUT2D eigenvalue weighted by Crippen LogP contribution is 2.23. The van der Waals surface area contributed by atoms with Crippen molar-refractivity contribution in [3.63, 3.8) is 0 Å². The quantitative estimate of drug-likeness (QED) is 0.366. The van der Waals surface area contributed by atoms with E-state index in [-0.39, 0.29) is 12.4 Å². The summed E-state index contributed by atoms with van der Waals surface area (Å²) in [4.78, 5) is 28.8. The van der Waals surface area contributed by atoms with Gasteiger partial charge in [0.15, 0.2) is 12.4 Å². The number of hydrogen-bond acceptors (Lipinski definition) is 6. The molecule has 2 aromatic heterocycles. The lowest BCUT2D eigenvalue weighted by atomic mass is 10.1. The molecular weight excluding hydrogens is 370 g/mol. The van der Waals surface area contributed by atoms with Gasteiger partial charge in [0.2, 0.25) is 0 Å². The molecule has 4 rings (SSSR count). The van der Waals surface area contributed by atoms with Crippen molar-refractivity contribution in [3.8, 4) is 22.8 Å². The van der Waals surface area contributed by atoms with Crippen molar-refractivity contribution in [2.24, 2.45) is 0 Å². The second-order valence-electron chi connectivity index (χ2n) is 6.30. The number of benzene rings is 2. The topological polar surface area (TPSA) is 78.6 Å². The fourth-order valence-electron chi connectivity index (χ4n) is 2.89. The van der Waals surface area contributed by atoms with Gasteiger partial charge in [-0.3, -0.25) is 9.78 Å². The number of carbonyl (C=O) groups excluding carboxylic acids is 1. The highest BCUT2D eigenvalue weighted by atomic mass is 16.5.